The van der Waals surface area contributed by atoms with Gasteiger partial charge in [0.1, 0.15) is 5.75 Å². The molecule has 0 saturated carbocycles. The Labute approximate surface area is 102 Å². The second kappa shape index (κ2) is 4.98. The van der Waals surface area contributed by atoms with Crippen molar-refractivity contribution >= 4 is 5.91 Å². The van der Waals surface area contributed by atoms with Crippen LogP contribution in [0.25, 0.3) is 0 Å². The molecule has 0 heterocycles. The number of nitrogens with two attached hydrogens (primary N) is 1. The zero-order valence-electron chi connectivity index (χ0n) is 9.75. The molecule has 0 unspecified atom stereocenters. The van der Waals surface area contributed by atoms with E-state index in [0.717, 1.165) is 0 Å². The van der Waals surface area contributed by atoms with Gasteiger partial charge in [-0.2, -0.15) is 14.0 Å². The van der Waals surface area contributed by atoms with Gasteiger partial charge in [-0.25, -0.2) is 5.84 Å². The maximum atomic E-state index is 13.3. The lowest BCUT2D eigenvalue weighted by Gasteiger charge is -2.19. The molecule has 1 aromatic carbocycles. The summed E-state index contributed by atoms with van der Waals surface area (Å²) in [5, 5.41) is 8.72. The highest BCUT2D eigenvalue weighted by Gasteiger charge is 2.42. The van der Waals surface area contributed by atoms with Crippen LogP contribution in [0, 0.1) is 25.2 Å². The monoisotopic (exact) mass is 255 g/mol. The van der Waals surface area contributed by atoms with Crippen LogP contribution in [-0.2, 0) is 4.79 Å². The van der Waals surface area contributed by atoms with E-state index in [2.05, 4.69) is 10.6 Å². The fourth-order valence-corrected chi connectivity index (χ4v) is 1.43. The minimum Gasteiger partial charge on any atom is -0.425 e. The van der Waals surface area contributed by atoms with E-state index >= 15 is 0 Å². The molecule has 1 rings (SSSR count). The molecule has 1 amide bonds. The third-order valence-electron chi connectivity index (χ3n) is 2.22. The molecular weight excluding hydrogens is 244 g/mol. The highest BCUT2D eigenvalue weighted by molar-refractivity contribution is 5.81. The third kappa shape index (κ3) is 2.73. The van der Waals surface area contributed by atoms with Crippen LogP contribution in [-0.4, -0.2) is 12.0 Å². The number of hydrogen-bond acceptors (Lipinski definition) is 4. The first kappa shape index (κ1) is 13.9. The number of carbonyl (C=O) groups is 1. The summed E-state index contributed by atoms with van der Waals surface area (Å²) in [6.45, 7) is 3.00. The zero-order chi connectivity index (χ0) is 13.9. The molecule has 18 heavy (non-hydrogen) atoms. The number of benzene rings is 1. The van der Waals surface area contributed by atoms with Gasteiger partial charge in [0.25, 0.3) is 0 Å². The van der Waals surface area contributed by atoms with Crippen LogP contribution in [0.1, 0.15) is 16.7 Å². The van der Waals surface area contributed by atoms with Crippen molar-refractivity contribution in [1.82, 2.24) is 5.43 Å². The highest BCUT2D eigenvalue weighted by Crippen LogP contribution is 2.29. The molecule has 0 fully saturated rings. The molecule has 0 aliphatic rings. The molecule has 96 valence electrons. The molecule has 0 spiro atoms. The summed E-state index contributed by atoms with van der Waals surface area (Å²) in [7, 11) is 0. The summed E-state index contributed by atoms with van der Waals surface area (Å²) >= 11 is 0. The van der Waals surface area contributed by atoms with Gasteiger partial charge in [-0.05, 0) is 37.1 Å². The van der Waals surface area contributed by atoms with Gasteiger partial charge in [0.05, 0.1) is 11.6 Å². The van der Waals surface area contributed by atoms with Crippen molar-refractivity contribution in [3.8, 4) is 11.8 Å². The fraction of sp³-hybridized carbons (Fsp3) is 0.273. The van der Waals surface area contributed by atoms with Crippen LogP contribution in [0.15, 0.2) is 12.1 Å². The van der Waals surface area contributed by atoms with Crippen LogP contribution >= 0.6 is 0 Å². The molecule has 1 aromatic rings. The highest BCUT2D eigenvalue weighted by atomic mass is 19.3. The first-order chi connectivity index (χ1) is 8.31. The SMILES string of the molecule is Cc1cc(C#N)cc(C)c1OC(F)(F)C(=O)NN. The molecule has 0 aromatic heterocycles. The minimum absolute atomic E-state index is 0.150. The zero-order valence-corrected chi connectivity index (χ0v) is 9.75. The molecule has 7 heteroatoms. The summed E-state index contributed by atoms with van der Waals surface area (Å²) in [6.07, 6.45) is -4.07. The van der Waals surface area contributed by atoms with Crippen LogP contribution < -0.4 is 16.0 Å². The fourth-order valence-electron chi connectivity index (χ4n) is 1.43. The van der Waals surface area contributed by atoms with Crippen molar-refractivity contribution < 1.29 is 18.3 Å². The number of aryl methyl sites for hydroxylation is 2. The Morgan fingerprint density at radius 2 is 1.94 bits per heavy atom. The Hall–Kier alpha value is -2.20. The van der Waals surface area contributed by atoms with E-state index in [4.69, 9.17) is 5.26 Å². The number of carbonyl (C=O) groups excluding carboxylic acids is 1. The van der Waals surface area contributed by atoms with Crippen LogP contribution in [0.4, 0.5) is 8.78 Å². The number of amides is 1. The number of rotatable bonds is 3. The molecule has 0 atom stereocenters. The molecule has 0 radical (unpaired) electrons. The molecule has 0 saturated heterocycles. The molecule has 0 aliphatic heterocycles. The Bertz CT molecular complexity index is 501. The molecule has 0 bridgehead atoms. The second-order valence-electron chi connectivity index (χ2n) is 3.64. The second-order valence-corrected chi connectivity index (χ2v) is 3.64. The lowest BCUT2D eigenvalue weighted by atomic mass is 10.1. The third-order valence-corrected chi connectivity index (χ3v) is 2.22. The number of hydrogen-bond donors (Lipinski definition) is 2. The van der Waals surface area contributed by atoms with Crippen LogP contribution in [0.5, 0.6) is 5.75 Å². The van der Waals surface area contributed by atoms with E-state index in [1.165, 1.54) is 31.4 Å². The number of alkyl halides is 2. The number of hydrazine groups is 1. The minimum atomic E-state index is -4.07. The largest absolute Gasteiger partial charge is 0.483 e. The maximum absolute atomic E-state index is 13.3. The van der Waals surface area contributed by atoms with Gasteiger partial charge in [-0.3, -0.25) is 10.2 Å². The lowest BCUT2D eigenvalue weighted by molar-refractivity contribution is -0.193. The topological polar surface area (TPSA) is 88.1 Å². The molecule has 0 aliphatic carbocycles. The smallest absolute Gasteiger partial charge is 0.425 e. The number of ether oxygens (including phenoxy) is 1. The standard InChI is InChI=1S/C11H11F2N3O2/c1-6-3-8(5-14)4-7(2)9(6)18-11(12,13)10(17)16-15/h3-4H,15H2,1-2H3,(H,16,17). The van der Waals surface area contributed by atoms with E-state index in [9.17, 15) is 13.6 Å². The summed E-state index contributed by atoms with van der Waals surface area (Å²) in [4.78, 5) is 10.8. The Balaban J connectivity index is 3.13. The average Bonchev–Trinajstić information content (AvgIpc) is 2.32. The Morgan fingerprint density at radius 3 is 2.33 bits per heavy atom. The van der Waals surface area contributed by atoms with Crippen molar-refractivity contribution in [3.63, 3.8) is 0 Å². The van der Waals surface area contributed by atoms with Gasteiger partial charge in [-0.1, -0.05) is 0 Å². The molecule has 5 nitrogen and oxygen atoms in total. The number of nitrogens with zero attached hydrogens (tertiary/aromatic N) is 1. The normalized spacial score (nSPS) is 10.7. The van der Waals surface area contributed by atoms with Gasteiger partial charge < -0.3 is 4.74 Å². The Morgan fingerprint density at radius 1 is 1.44 bits per heavy atom. The molecule has 3 N–H and O–H groups in total. The summed E-state index contributed by atoms with van der Waals surface area (Å²) in [5.74, 6) is 2.74. The van der Waals surface area contributed by atoms with Crippen molar-refractivity contribution in [3.05, 3.63) is 28.8 Å². The van der Waals surface area contributed by atoms with E-state index in [-0.39, 0.29) is 5.75 Å². The van der Waals surface area contributed by atoms with Gasteiger partial charge in [0, 0.05) is 0 Å². The number of halogens is 2. The van der Waals surface area contributed by atoms with Crippen molar-refractivity contribution in [2.24, 2.45) is 5.84 Å². The first-order valence-electron chi connectivity index (χ1n) is 4.91. The summed E-state index contributed by atoms with van der Waals surface area (Å²) in [5.41, 5.74) is 2.30. The van der Waals surface area contributed by atoms with Gasteiger partial charge in [0.2, 0.25) is 0 Å². The average molecular weight is 255 g/mol. The lowest BCUT2D eigenvalue weighted by Crippen LogP contribution is -2.47. The van der Waals surface area contributed by atoms with Crippen molar-refractivity contribution in [2.45, 2.75) is 20.0 Å². The maximum Gasteiger partial charge on any atom is 0.483 e. The van der Waals surface area contributed by atoms with E-state index < -0.39 is 12.0 Å². The Kier molecular flexibility index (Phi) is 3.83. The van der Waals surface area contributed by atoms with Crippen molar-refractivity contribution in [2.75, 3.05) is 0 Å². The van der Waals surface area contributed by atoms with E-state index in [1.54, 1.807) is 0 Å². The molecular formula is C11H11F2N3O2. The van der Waals surface area contributed by atoms with Gasteiger partial charge >= 0.3 is 12.0 Å². The van der Waals surface area contributed by atoms with E-state index in [1.807, 2.05) is 6.07 Å². The van der Waals surface area contributed by atoms with Gasteiger partial charge in [0.15, 0.2) is 0 Å². The number of nitriles is 1. The summed E-state index contributed by atoms with van der Waals surface area (Å²) < 4.78 is 30.9. The predicted molar refractivity (Wildman–Crippen MR) is 58.5 cm³/mol. The summed E-state index contributed by atoms with van der Waals surface area (Å²) in [6, 6.07) is 4.67. The first-order valence-corrected chi connectivity index (χ1v) is 4.91. The predicted octanol–water partition coefficient (Wildman–Crippen LogP) is 1.14. The van der Waals surface area contributed by atoms with Gasteiger partial charge in [-0.15, -0.1) is 0 Å². The van der Waals surface area contributed by atoms with Crippen LogP contribution in [0.3, 0.4) is 0 Å². The van der Waals surface area contributed by atoms with Crippen LogP contribution in [0.2, 0.25) is 0 Å². The van der Waals surface area contributed by atoms with E-state index in [0.29, 0.717) is 16.7 Å². The number of nitrogens with one attached hydrogen (secondary N) is 1. The quantitative estimate of drug-likeness (QED) is 0.481. The van der Waals surface area contributed by atoms with Crippen molar-refractivity contribution in [1.29, 1.82) is 5.26 Å².